The molecule has 0 saturated heterocycles. The van der Waals surface area contributed by atoms with Gasteiger partial charge in [-0.05, 0) is 80.6 Å². The van der Waals surface area contributed by atoms with E-state index < -0.39 is 28.5 Å². The Labute approximate surface area is 242 Å². The highest BCUT2D eigenvalue weighted by molar-refractivity contribution is 7.92. The summed E-state index contributed by atoms with van der Waals surface area (Å²) in [6.07, 6.45) is 3.97. The minimum atomic E-state index is -4.12. The zero-order valence-corrected chi connectivity index (χ0v) is 24.7. The number of nitrogens with zero attached hydrogens (tertiary/aromatic N) is 2. The lowest BCUT2D eigenvalue weighted by Gasteiger charge is -2.33. The summed E-state index contributed by atoms with van der Waals surface area (Å²) in [7, 11) is -4.12. The van der Waals surface area contributed by atoms with Crippen molar-refractivity contribution in [1.82, 2.24) is 10.2 Å². The molecule has 1 aliphatic rings. The van der Waals surface area contributed by atoms with Crippen LogP contribution in [0.3, 0.4) is 0 Å². The standard InChI is InChI=1S/C31H36ClN3O4S/c1-22-11-7-8-12-25(22)20-34(24(3)31(37)33-27-13-9-10-14-27)30(36)21-35(29-18-17-26(32)19-23(29)2)40(38,39)28-15-5-4-6-16-28/h4-8,11-12,15-19,24,27H,9-10,13-14,20-21H2,1-3H3,(H,33,37)/t24-/m0/s1. The topological polar surface area (TPSA) is 86.8 Å². The molecule has 0 spiro atoms. The van der Waals surface area contributed by atoms with E-state index in [1.54, 1.807) is 50.2 Å². The van der Waals surface area contributed by atoms with Crippen LogP contribution in [0.1, 0.15) is 49.3 Å². The third-order valence-corrected chi connectivity index (χ3v) is 9.52. The first-order chi connectivity index (χ1) is 19.1. The first-order valence-corrected chi connectivity index (χ1v) is 15.4. The highest BCUT2D eigenvalue weighted by atomic mass is 35.5. The largest absolute Gasteiger partial charge is 0.352 e. The smallest absolute Gasteiger partial charge is 0.264 e. The van der Waals surface area contributed by atoms with Crippen LogP contribution < -0.4 is 9.62 Å². The molecule has 2 amide bonds. The predicted octanol–water partition coefficient (Wildman–Crippen LogP) is 5.63. The van der Waals surface area contributed by atoms with E-state index in [9.17, 15) is 18.0 Å². The van der Waals surface area contributed by atoms with E-state index in [4.69, 9.17) is 11.6 Å². The van der Waals surface area contributed by atoms with E-state index in [0.29, 0.717) is 16.3 Å². The zero-order valence-electron chi connectivity index (χ0n) is 23.1. The van der Waals surface area contributed by atoms with Gasteiger partial charge in [-0.25, -0.2) is 8.42 Å². The van der Waals surface area contributed by atoms with Gasteiger partial charge in [0, 0.05) is 17.6 Å². The third kappa shape index (κ3) is 6.85. The van der Waals surface area contributed by atoms with E-state index in [1.807, 2.05) is 31.2 Å². The van der Waals surface area contributed by atoms with Crippen LogP contribution in [0.15, 0.2) is 77.7 Å². The third-order valence-electron chi connectivity index (χ3n) is 7.51. The average Bonchev–Trinajstić information content (AvgIpc) is 3.44. The summed E-state index contributed by atoms with van der Waals surface area (Å²) in [5.74, 6) is -0.722. The van der Waals surface area contributed by atoms with Gasteiger partial charge in [0.1, 0.15) is 12.6 Å². The number of sulfonamides is 1. The maximum absolute atomic E-state index is 14.1. The highest BCUT2D eigenvalue weighted by Crippen LogP contribution is 2.29. The Hall–Kier alpha value is -3.36. The molecule has 1 atom stereocenters. The van der Waals surface area contributed by atoms with Crippen molar-refractivity contribution in [2.45, 2.75) is 70.0 Å². The number of nitrogens with one attached hydrogen (secondary N) is 1. The fraction of sp³-hybridized carbons (Fsp3) is 0.355. The van der Waals surface area contributed by atoms with Crippen LogP contribution in [0, 0.1) is 13.8 Å². The molecule has 1 saturated carbocycles. The van der Waals surface area contributed by atoms with Crippen LogP contribution >= 0.6 is 11.6 Å². The molecule has 0 bridgehead atoms. The van der Waals surface area contributed by atoms with E-state index in [1.165, 1.54) is 17.0 Å². The Balaban J connectivity index is 1.71. The van der Waals surface area contributed by atoms with Crippen molar-refractivity contribution in [2.75, 3.05) is 10.8 Å². The van der Waals surface area contributed by atoms with Crippen LogP contribution in [0.5, 0.6) is 0 Å². The van der Waals surface area contributed by atoms with Gasteiger partial charge >= 0.3 is 0 Å². The molecule has 0 aromatic heterocycles. The molecular weight excluding hydrogens is 546 g/mol. The van der Waals surface area contributed by atoms with Gasteiger partial charge in [-0.15, -0.1) is 0 Å². The summed E-state index contributed by atoms with van der Waals surface area (Å²) in [5.41, 5.74) is 2.82. The summed E-state index contributed by atoms with van der Waals surface area (Å²) >= 11 is 6.17. The van der Waals surface area contributed by atoms with Gasteiger partial charge in [-0.3, -0.25) is 13.9 Å². The Bertz CT molecular complexity index is 1460. The number of carbonyl (C=O) groups excluding carboxylic acids is 2. The van der Waals surface area contributed by atoms with Crippen molar-refractivity contribution in [3.8, 4) is 0 Å². The van der Waals surface area contributed by atoms with Crippen molar-refractivity contribution in [3.05, 3.63) is 94.5 Å². The van der Waals surface area contributed by atoms with Gasteiger partial charge < -0.3 is 10.2 Å². The summed E-state index contributed by atoms with van der Waals surface area (Å²) in [5, 5.41) is 3.55. The molecule has 3 aromatic rings. The second kappa shape index (κ2) is 12.9. The molecule has 9 heteroatoms. The molecule has 0 radical (unpaired) electrons. The lowest BCUT2D eigenvalue weighted by Crippen LogP contribution is -2.52. The SMILES string of the molecule is Cc1ccccc1CN(C(=O)CN(c1ccc(Cl)cc1C)S(=O)(=O)c1ccccc1)[C@@H](C)C(=O)NC1CCCC1. The highest BCUT2D eigenvalue weighted by Gasteiger charge is 2.34. The summed E-state index contributed by atoms with van der Waals surface area (Å²) in [6, 6.07) is 19.8. The van der Waals surface area contributed by atoms with Crippen LogP contribution in [0.2, 0.25) is 5.02 Å². The van der Waals surface area contributed by atoms with Gasteiger partial charge in [-0.2, -0.15) is 0 Å². The van der Waals surface area contributed by atoms with Gasteiger partial charge in [-0.1, -0.05) is 66.9 Å². The second-order valence-electron chi connectivity index (χ2n) is 10.4. The first-order valence-electron chi connectivity index (χ1n) is 13.6. The first kappa shape index (κ1) is 29.6. The van der Waals surface area contributed by atoms with Crippen LogP contribution in [0.4, 0.5) is 5.69 Å². The molecule has 40 heavy (non-hydrogen) atoms. The number of carbonyl (C=O) groups is 2. The molecule has 0 heterocycles. The number of rotatable bonds is 10. The Morgan fingerprint density at radius 3 is 2.25 bits per heavy atom. The molecule has 212 valence electrons. The zero-order chi connectivity index (χ0) is 28.9. The summed E-state index contributed by atoms with van der Waals surface area (Å²) < 4.78 is 28.9. The van der Waals surface area contributed by atoms with Crippen molar-refractivity contribution in [1.29, 1.82) is 0 Å². The normalized spacial score (nSPS) is 14.5. The van der Waals surface area contributed by atoms with Crippen LogP contribution in [-0.2, 0) is 26.2 Å². The number of aryl methyl sites for hydroxylation is 2. The number of halogens is 1. The molecule has 4 rings (SSSR count). The molecule has 0 aliphatic heterocycles. The average molecular weight is 582 g/mol. The monoisotopic (exact) mass is 581 g/mol. The Morgan fingerprint density at radius 2 is 1.60 bits per heavy atom. The van der Waals surface area contributed by atoms with E-state index in [-0.39, 0.29) is 23.4 Å². The second-order valence-corrected chi connectivity index (χ2v) is 12.7. The van der Waals surface area contributed by atoms with Crippen molar-refractivity contribution >= 4 is 39.1 Å². The maximum Gasteiger partial charge on any atom is 0.264 e. The Morgan fingerprint density at radius 1 is 0.950 bits per heavy atom. The molecule has 1 fully saturated rings. The molecule has 0 unspecified atom stereocenters. The van der Waals surface area contributed by atoms with Crippen molar-refractivity contribution in [2.24, 2.45) is 0 Å². The van der Waals surface area contributed by atoms with Crippen molar-refractivity contribution < 1.29 is 18.0 Å². The summed E-state index contributed by atoms with van der Waals surface area (Å²) in [4.78, 5) is 29.0. The number of benzene rings is 3. The Kier molecular flexibility index (Phi) is 9.53. The molecule has 7 nitrogen and oxygen atoms in total. The fourth-order valence-corrected chi connectivity index (χ4v) is 6.80. The van der Waals surface area contributed by atoms with Gasteiger partial charge in [0.2, 0.25) is 11.8 Å². The lowest BCUT2D eigenvalue weighted by atomic mass is 10.1. The lowest BCUT2D eigenvalue weighted by molar-refractivity contribution is -0.139. The number of anilines is 1. The van der Waals surface area contributed by atoms with E-state index in [0.717, 1.165) is 41.1 Å². The number of amides is 2. The van der Waals surface area contributed by atoms with Gasteiger partial charge in [0.25, 0.3) is 10.0 Å². The molecule has 3 aromatic carbocycles. The minimum Gasteiger partial charge on any atom is -0.352 e. The van der Waals surface area contributed by atoms with Gasteiger partial charge in [0.05, 0.1) is 10.6 Å². The molecular formula is C31H36ClN3O4S. The fourth-order valence-electron chi connectivity index (χ4n) is 5.08. The predicted molar refractivity (Wildman–Crippen MR) is 159 cm³/mol. The number of hydrogen-bond donors (Lipinski definition) is 1. The van der Waals surface area contributed by atoms with Gasteiger partial charge in [0.15, 0.2) is 0 Å². The summed E-state index contributed by atoms with van der Waals surface area (Å²) in [6.45, 7) is 5.09. The van der Waals surface area contributed by atoms with Crippen molar-refractivity contribution in [3.63, 3.8) is 0 Å². The minimum absolute atomic E-state index is 0.0645. The number of hydrogen-bond acceptors (Lipinski definition) is 4. The van der Waals surface area contributed by atoms with E-state index in [2.05, 4.69) is 5.32 Å². The quantitative estimate of drug-likeness (QED) is 0.336. The van der Waals surface area contributed by atoms with Crippen LogP contribution in [0.25, 0.3) is 0 Å². The van der Waals surface area contributed by atoms with Crippen LogP contribution in [-0.4, -0.2) is 43.8 Å². The molecule has 1 aliphatic carbocycles. The van der Waals surface area contributed by atoms with E-state index >= 15 is 0 Å². The molecule has 1 N–H and O–H groups in total. The maximum atomic E-state index is 14.1.